The highest BCUT2D eigenvalue weighted by Gasteiger charge is 2.21. The number of benzene rings is 2. The molecule has 2 heterocycles. The largest absolute Gasteiger partial charge is 0.371 e. The number of anilines is 4. The summed E-state index contributed by atoms with van der Waals surface area (Å²) in [5.74, 6) is 0. The number of piperidine rings is 1. The summed E-state index contributed by atoms with van der Waals surface area (Å²) in [7, 11) is 0. The standard InChI is InChI=1S/C21H27N5O2/c1-14-8-9-15(18(12-14)26-10-3-2-4-11-26)13-22-20(27)23-16-6-5-7-17-19(16)25-21(28)24-17/h5-9,12,21,24-25,28H,2-4,10-11,13H2,1H3,(H2,22,23,27). The van der Waals surface area contributed by atoms with Crippen molar-refractivity contribution in [3.8, 4) is 0 Å². The van der Waals surface area contributed by atoms with Crippen molar-refractivity contribution in [3.63, 3.8) is 0 Å². The number of carbonyl (C=O) groups excluding carboxylic acids is 1. The number of nitrogens with zero attached hydrogens (tertiary/aromatic N) is 1. The van der Waals surface area contributed by atoms with Gasteiger partial charge in [-0.1, -0.05) is 18.2 Å². The molecule has 0 spiro atoms. The average molecular weight is 381 g/mol. The lowest BCUT2D eigenvalue weighted by atomic mass is 10.0. The highest BCUT2D eigenvalue weighted by atomic mass is 16.3. The highest BCUT2D eigenvalue weighted by Crippen LogP contribution is 2.35. The van der Waals surface area contributed by atoms with Gasteiger partial charge in [-0.25, -0.2) is 4.79 Å². The van der Waals surface area contributed by atoms with Gasteiger partial charge in [0, 0.05) is 25.3 Å². The maximum absolute atomic E-state index is 12.5. The topological polar surface area (TPSA) is 88.7 Å². The molecule has 1 unspecified atom stereocenters. The summed E-state index contributed by atoms with van der Waals surface area (Å²) in [6.07, 6.45) is 2.87. The summed E-state index contributed by atoms with van der Waals surface area (Å²) in [4.78, 5) is 14.9. The van der Waals surface area contributed by atoms with E-state index in [-0.39, 0.29) is 6.03 Å². The van der Waals surface area contributed by atoms with Crippen molar-refractivity contribution in [1.29, 1.82) is 0 Å². The molecule has 2 aromatic carbocycles. The molecule has 7 heteroatoms. The number of carbonyl (C=O) groups is 1. The zero-order valence-electron chi connectivity index (χ0n) is 16.1. The van der Waals surface area contributed by atoms with Crippen LogP contribution in [0.5, 0.6) is 0 Å². The van der Waals surface area contributed by atoms with Crippen LogP contribution in [0.4, 0.5) is 27.5 Å². The molecule has 148 valence electrons. The number of nitrogens with one attached hydrogen (secondary N) is 4. The Morgan fingerprint density at radius 3 is 2.82 bits per heavy atom. The number of aliphatic hydroxyl groups is 1. The Labute approximate surface area is 165 Å². The number of hydrogen-bond acceptors (Lipinski definition) is 5. The fourth-order valence-corrected chi connectivity index (χ4v) is 3.85. The normalized spacial score (nSPS) is 18.1. The molecule has 0 bridgehead atoms. The average Bonchev–Trinajstić information content (AvgIpc) is 3.09. The van der Waals surface area contributed by atoms with Gasteiger partial charge in [0.05, 0.1) is 17.1 Å². The molecular formula is C21H27N5O2. The van der Waals surface area contributed by atoms with Gasteiger partial charge in [0.15, 0.2) is 0 Å². The van der Waals surface area contributed by atoms with Crippen LogP contribution >= 0.6 is 0 Å². The van der Waals surface area contributed by atoms with E-state index in [4.69, 9.17) is 0 Å². The third kappa shape index (κ3) is 3.99. The van der Waals surface area contributed by atoms with Gasteiger partial charge in [0.25, 0.3) is 0 Å². The summed E-state index contributed by atoms with van der Waals surface area (Å²) in [5, 5.41) is 21.3. The minimum absolute atomic E-state index is 0.276. The van der Waals surface area contributed by atoms with Crippen LogP contribution in [-0.2, 0) is 6.54 Å². The number of urea groups is 1. The molecule has 1 atom stereocenters. The zero-order valence-corrected chi connectivity index (χ0v) is 16.1. The second-order valence-corrected chi connectivity index (χ2v) is 7.41. The van der Waals surface area contributed by atoms with Crippen LogP contribution < -0.4 is 26.2 Å². The molecule has 5 N–H and O–H groups in total. The smallest absolute Gasteiger partial charge is 0.319 e. The number of aryl methyl sites for hydroxylation is 1. The van der Waals surface area contributed by atoms with Crippen LogP contribution in [0.1, 0.15) is 30.4 Å². The molecule has 2 aliphatic heterocycles. The Morgan fingerprint density at radius 2 is 2.00 bits per heavy atom. The second-order valence-electron chi connectivity index (χ2n) is 7.41. The third-order valence-corrected chi connectivity index (χ3v) is 5.26. The SMILES string of the molecule is Cc1ccc(CNC(=O)Nc2cccc3c2NC(O)N3)c(N2CCCCC2)c1. The lowest BCUT2D eigenvalue weighted by Gasteiger charge is -2.31. The fourth-order valence-electron chi connectivity index (χ4n) is 3.85. The zero-order chi connectivity index (χ0) is 19.5. The van der Waals surface area contributed by atoms with Crippen molar-refractivity contribution in [2.45, 2.75) is 39.1 Å². The first-order chi connectivity index (χ1) is 13.6. The predicted molar refractivity (Wildman–Crippen MR) is 113 cm³/mol. The molecule has 1 fully saturated rings. The van der Waals surface area contributed by atoms with E-state index in [0.717, 1.165) is 24.3 Å². The predicted octanol–water partition coefficient (Wildman–Crippen LogP) is 3.42. The van der Waals surface area contributed by atoms with E-state index in [1.54, 1.807) is 6.07 Å². The maximum atomic E-state index is 12.5. The quantitative estimate of drug-likeness (QED) is 0.560. The Bertz CT molecular complexity index is 864. The minimum Gasteiger partial charge on any atom is -0.371 e. The number of aliphatic hydroxyl groups excluding tert-OH is 1. The van der Waals surface area contributed by atoms with Crippen molar-refractivity contribution in [2.75, 3.05) is 33.9 Å². The van der Waals surface area contributed by atoms with Gasteiger partial charge in [-0.3, -0.25) is 0 Å². The van der Waals surface area contributed by atoms with Crippen molar-refractivity contribution in [2.24, 2.45) is 0 Å². The lowest BCUT2D eigenvalue weighted by molar-refractivity contribution is 0.238. The van der Waals surface area contributed by atoms with Crippen LogP contribution in [0.15, 0.2) is 36.4 Å². The number of rotatable bonds is 4. The van der Waals surface area contributed by atoms with Gasteiger partial charge >= 0.3 is 6.03 Å². The van der Waals surface area contributed by atoms with Gasteiger partial charge in [-0.05, 0) is 55.5 Å². The van der Waals surface area contributed by atoms with E-state index in [1.165, 1.54) is 30.5 Å². The van der Waals surface area contributed by atoms with Crippen LogP contribution in [0.3, 0.4) is 0 Å². The van der Waals surface area contributed by atoms with Gasteiger partial charge in [0.2, 0.25) is 6.35 Å². The summed E-state index contributed by atoms with van der Waals surface area (Å²) in [6.45, 7) is 4.70. The minimum atomic E-state index is -0.847. The number of amides is 2. The van der Waals surface area contributed by atoms with Crippen molar-refractivity contribution < 1.29 is 9.90 Å². The van der Waals surface area contributed by atoms with E-state index < -0.39 is 6.35 Å². The van der Waals surface area contributed by atoms with E-state index >= 15 is 0 Å². The maximum Gasteiger partial charge on any atom is 0.319 e. The highest BCUT2D eigenvalue weighted by molar-refractivity contribution is 5.97. The molecule has 4 rings (SSSR count). The van der Waals surface area contributed by atoms with Crippen LogP contribution in [0.25, 0.3) is 0 Å². The van der Waals surface area contributed by atoms with Gasteiger partial charge in [-0.15, -0.1) is 0 Å². The summed E-state index contributed by atoms with van der Waals surface area (Å²) in [6, 6.07) is 11.6. The summed E-state index contributed by atoms with van der Waals surface area (Å²) < 4.78 is 0. The third-order valence-electron chi connectivity index (χ3n) is 5.26. The molecule has 0 saturated carbocycles. The van der Waals surface area contributed by atoms with Crippen molar-refractivity contribution >= 4 is 28.8 Å². The number of hydrogen-bond donors (Lipinski definition) is 5. The Kier molecular flexibility index (Phi) is 5.25. The first-order valence-corrected chi connectivity index (χ1v) is 9.83. The summed E-state index contributed by atoms with van der Waals surface area (Å²) in [5.41, 5.74) is 5.64. The second kappa shape index (κ2) is 7.98. The van der Waals surface area contributed by atoms with E-state index in [9.17, 15) is 9.90 Å². The van der Waals surface area contributed by atoms with E-state index in [2.05, 4.69) is 51.3 Å². The molecule has 0 aliphatic carbocycles. The molecule has 0 aromatic heterocycles. The Balaban J connectivity index is 1.43. The molecule has 2 aliphatic rings. The van der Waals surface area contributed by atoms with Gasteiger partial charge in [0.1, 0.15) is 0 Å². The number of fused-ring (bicyclic) bond motifs is 1. The van der Waals surface area contributed by atoms with Crippen molar-refractivity contribution in [1.82, 2.24) is 5.32 Å². The Hall–Kier alpha value is -2.93. The summed E-state index contributed by atoms with van der Waals surface area (Å²) >= 11 is 0. The molecule has 1 saturated heterocycles. The molecule has 2 aromatic rings. The van der Waals surface area contributed by atoms with Gasteiger partial charge < -0.3 is 31.3 Å². The first kappa shape index (κ1) is 18.4. The van der Waals surface area contributed by atoms with E-state index in [1.807, 2.05) is 12.1 Å². The molecule has 7 nitrogen and oxygen atoms in total. The fraction of sp³-hybridized carbons (Fsp3) is 0.381. The molecular weight excluding hydrogens is 354 g/mol. The number of para-hydroxylation sites is 1. The molecule has 2 amide bonds. The molecule has 28 heavy (non-hydrogen) atoms. The van der Waals surface area contributed by atoms with E-state index in [0.29, 0.717) is 17.9 Å². The van der Waals surface area contributed by atoms with Crippen LogP contribution in [0, 0.1) is 6.92 Å². The van der Waals surface area contributed by atoms with Crippen LogP contribution in [-0.4, -0.2) is 30.6 Å². The molecule has 0 radical (unpaired) electrons. The van der Waals surface area contributed by atoms with Crippen LogP contribution in [0.2, 0.25) is 0 Å². The van der Waals surface area contributed by atoms with Gasteiger partial charge in [-0.2, -0.15) is 0 Å². The first-order valence-electron chi connectivity index (χ1n) is 9.83. The van der Waals surface area contributed by atoms with Crippen molar-refractivity contribution in [3.05, 3.63) is 47.5 Å². The Morgan fingerprint density at radius 1 is 1.18 bits per heavy atom. The lowest BCUT2D eigenvalue weighted by Crippen LogP contribution is -2.32. The monoisotopic (exact) mass is 381 g/mol.